The predicted molar refractivity (Wildman–Crippen MR) is 54.1 cm³/mol. The van der Waals surface area contributed by atoms with Gasteiger partial charge in [-0.15, -0.1) is 12.3 Å². The van der Waals surface area contributed by atoms with Crippen LogP contribution in [0.5, 0.6) is 0 Å². The molecule has 0 atom stereocenters. The lowest BCUT2D eigenvalue weighted by atomic mass is 10.1. The van der Waals surface area contributed by atoms with Crippen molar-refractivity contribution < 1.29 is 0 Å². The Balaban J connectivity index is 2.37. The second-order valence-corrected chi connectivity index (χ2v) is 2.93. The Morgan fingerprint density at radius 2 is 2.46 bits per heavy atom. The summed E-state index contributed by atoms with van der Waals surface area (Å²) in [6.07, 6.45) is 9.61. The van der Waals surface area contributed by atoms with Crippen LogP contribution in [-0.4, -0.2) is 11.5 Å². The van der Waals surface area contributed by atoms with Crippen LogP contribution in [-0.2, 0) is 6.54 Å². The van der Waals surface area contributed by atoms with Gasteiger partial charge in [0.15, 0.2) is 0 Å². The number of pyridine rings is 1. The fourth-order valence-corrected chi connectivity index (χ4v) is 1.07. The van der Waals surface area contributed by atoms with Crippen molar-refractivity contribution in [3.63, 3.8) is 0 Å². The number of nitrogens with zero attached hydrogens (tertiary/aromatic N) is 1. The SMILES string of the molecule is C#CCCNCc1cnccc1C. The van der Waals surface area contributed by atoms with Crippen LogP contribution in [0.1, 0.15) is 17.5 Å². The van der Waals surface area contributed by atoms with Crippen molar-refractivity contribution in [2.24, 2.45) is 0 Å². The highest BCUT2D eigenvalue weighted by molar-refractivity contribution is 5.20. The molecule has 0 saturated carbocycles. The highest BCUT2D eigenvalue weighted by Gasteiger charge is 1.95. The lowest BCUT2D eigenvalue weighted by molar-refractivity contribution is 0.696. The zero-order chi connectivity index (χ0) is 9.52. The summed E-state index contributed by atoms with van der Waals surface area (Å²) in [5, 5.41) is 3.26. The van der Waals surface area contributed by atoms with Gasteiger partial charge in [-0.3, -0.25) is 4.98 Å². The van der Waals surface area contributed by atoms with Gasteiger partial charge in [0.2, 0.25) is 0 Å². The second kappa shape index (κ2) is 5.34. The van der Waals surface area contributed by atoms with Crippen molar-refractivity contribution >= 4 is 0 Å². The lowest BCUT2D eigenvalue weighted by Gasteiger charge is -2.04. The van der Waals surface area contributed by atoms with Gasteiger partial charge in [-0.05, 0) is 24.1 Å². The Labute approximate surface area is 79.4 Å². The molecular weight excluding hydrogens is 160 g/mol. The van der Waals surface area contributed by atoms with Crippen LogP contribution in [0.25, 0.3) is 0 Å². The van der Waals surface area contributed by atoms with Crippen LogP contribution in [0.3, 0.4) is 0 Å². The highest BCUT2D eigenvalue weighted by Crippen LogP contribution is 2.03. The van der Waals surface area contributed by atoms with Gasteiger partial charge < -0.3 is 5.32 Å². The maximum Gasteiger partial charge on any atom is 0.0315 e. The molecule has 0 bridgehead atoms. The molecule has 68 valence electrons. The molecule has 1 N–H and O–H groups in total. The van der Waals surface area contributed by atoms with Gasteiger partial charge in [-0.25, -0.2) is 0 Å². The normalized spacial score (nSPS) is 9.54. The summed E-state index contributed by atoms with van der Waals surface area (Å²) < 4.78 is 0. The summed E-state index contributed by atoms with van der Waals surface area (Å²) in [7, 11) is 0. The van der Waals surface area contributed by atoms with E-state index in [4.69, 9.17) is 6.42 Å². The zero-order valence-corrected chi connectivity index (χ0v) is 7.88. The van der Waals surface area contributed by atoms with Crippen molar-refractivity contribution in [3.8, 4) is 12.3 Å². The van der Waals surface area contributed by atoms with E-state index in [-0.39, 0.29) is 0 Å². The van der Waals surface area contributed by atoms with Crippen LogP contribution in [0.4, 0.5) is 0 Å². The smallest absolute Gasteiger partial charge is 0.0315 e. The first-order valence-corrected chi connectivity index (χ1v) is 4.38. The van der Waals surface area contributed by atoms with Crippen LogP contribution in [0, 0.1) is 19.3 Å². The van der Waals surface area contributed by atoms with Crippen LogP contribution in [0.2, 0.25) is 0 Å². The number of nitrogens with one attached hydrogen (secondary N) is 1. The van der Waals surface area contributed by atoms with E-state index in [1.165, 1.54) is 11.1 Å². The molecule has 0 spiro atoms. The van der Waals surface area contributed by atoms with Gasteiger partial charge >= 0.3 is 0 Å². The van der Waals surface area contributed by atoms with Gasteiger partial charge in [-0.1, -0.05) is 0 Å². The number of hydrogen-bond acceptors (Lipinski definition) is 2. The number of aryl methyl sites for hydroxylation is 1. The molecule has 1 rings (SSSR count). The zero-order valence-electron chi connectivity index (χ0n) is 7.88. The largest absolute Gasteiger partial charge is 0.312 e. The maximum atomic E-state index is 5.14. The molecule has 13 heavy (non-hydrogen) atoms. The summed E-state index contributed by atoms with van der Waals surface area (Å²) in [6, 6.07) is 2.01. The Kier molecular flexibility index (Phi) is 4.01. The molecule has 0 fully saturated rings. The Hall–Kier alpha value is -1.33. The molecule has 0 saturated heterocycles. The minimum atomic E-state index is 0.777. The van der Waals surface area contributed by atoms with E-state index in [1.807, 2.05) is 12.3 Å². The molecule has 0 unspecified atom stereocenters. The van der Waals surface area contributed by atoms with E-state index in [1.54, 1.807) is 6.20 Å². The van der Waals surface area contributed by atoms with Crippen LogP contribution >= 0.6 is 0 Å². The van der Waals surface area contributed by atoms with E-state index in [0.717, 1.165) is 19.5 Å². The monoisotopic (exact) mass is 174 g/mol. The molecule has 0 amide bonds. The van der Waals surface area contributed by atoms with E-state index in [0.29, 0.717) is 0 Å². The first-order valence-electron chi connectivity index (χ1n) is 4.38. The van der Waals surface area contributed by atoms with Gasteiger partial charge in [-0.2, -0.15) is 0 Å². The number of hydrogen-bond donors (Lipinski definition) is 1. The maximum absolute atomic E-state index is 5.14. The molecule has 0 aromatic carbocycles. The Morgan fingerprint density at radius 1 is 1.62 bits per heavy atom. The molecule has 0 aliphatic carbocycles. The standard InChI is InChI=1S/C11H14N2/c1-3-4-6-12-8-11-9-13-7-5-10(11)2/h1,5,7,9,12H,4,6,8H2,2H3. The van der Waals surface area contributed by atoms with Gasteiger partial charge in [0.05, 0.1) is 0 Å². The summed E-state index contributed by atoms with van der Waals surface area (Å²) in [4.78, 5) is 4.06. The number of aromatic nitrogens is 1. The molecular formula is C11H14N2. The summed E-state index contributed by atoms with van der Waals surface area (Å²) >= 11 is 0. The summed E-state index contributed by atoms with van der Waals surface area (Å²) in [5.74, 6) is 2.59. The second-order valence-electron chi connectivity index (χ2n) is 2.93. The van der Waals surface area contributed by atoms with Crippen molar-refractivity contribution in [2.45, 2.75) is 19.9 Å². The first-order chi connectivity index (χ1) is 6.34. The summed E-state index contributed by atoms with van der Waals surface area (Å²) in [5.41, 5.74) is 2.50. The number of rotatable bonds is 4. The quantitative estimate of drug-likeness (QED) is 0.552. The molecule has 1 heterocycles. The minimum absolute atomic E-state index is 0.777. The average Bonchev–Trinajstić information content (AvgIpc) is 2.15. The van der Waals surface area contributed by atoms with Crippen molar-refractivity contribution in [2.75, 3.05) is 6.54 Å². The van der Waals surface area contributed by atoms with Crippen molar-refractivity contribution in [1.82, 2.24) is 10.3 Å². The molecule has 0 aliphatic heterocycles. The number of terminal acetylenes is 1. The van der Waals surface area contributed by atoms with E-state index >= 15 is 0 Å². The Morgan fingerprint density at radius 3 is 3.15 bits per heavy atom. The molecule has 1 aromatic rings. The van der Waals surface area contributed by atoms with E-state index < -0.39 is 0 Å². The molecule has 0 aliphatic rings. The minimum Gasteiger partial charge on any atom is -0.312 e. The topological polar surface area (TPSA) is 24.9 Å². The van der Waals surface area contributed by atoms with Crippen molar-refractivity contribution in [1.29, 1.82) is 0 Å². The van der Waals surface area contributed by atoms with Gasteiger partial charge in [0, 0.05) is 31.9 Å². The van der Waals surface area contributed by atoms with Gasteiger partial charge in [0.25, 0.3) is 0 Å². The third-order valence-electron chi connectivity index (χ3n) is 1.91. The average molecular weight is 174 g/mol. The molecule has 2 heteroatoms. The third-order valence-corrected chi connectivity index (χ3v) is 1.91. The summed E-state index contributed by atoms with van der Waals surface area (Å²) in [6.45, 7) is 3.80. The van der Waals surface area contributed by atoms with Crippen molar-refractivity contribution in [3.05, 3.63) is 29.6 Å². The van der Waals surface area contributed by atoms with E-state index in [9.17, 15) is 0 Å². The molecule has 0 radical (unpaired) electrons. The first kappa shape index (κ1) is 9.76. The lowest BCUT2D eigenvalue weighted by Crippen LogP contribution is -2.14. The molecule has 2 nitrogen and oxygen atoms in total. The predicted octanol–water partition coefficient (Wildman–Crippen LogP) is 1.50. The highest BCUT2D eigenvalue weighted by atomic mass is 14.8. The Bertz CT molecular complexity index is 299. The van der Waals surface area contributed by atoms with Crippen LogP contribution in [0.15, 0.2) is 18.5 Å². The third kappa shape index (κ3) is 3.27. The fraction of sp³-hybridized carbons (Fsp3) is 0.364. The fourth-order valence-electron chi connectivity index (χ4n) is 1.07. The van der Waals surface area contributed by atoms with Crippen LogP contribution < -0.4 is 5.32 Å². The van der Waals surface area contributed by atoms with E-state index in [2.05, 4.69) is 23.1 Å². The molecule has 1 aromatic heterocycles. The van der Waals surface area contributed by atoms with Gasteiger partial charge in [0.1, 0.15) is 0 Å².